The Balaban J connectivity index is 2.66. The van der Waals surface area contributed by atoms with Crippen molar-refractivity contribution in [3.8, 4) is 0 Å². The summed E-state index contributed by atoms with van der Waals surface area (Å²) in [6, 6.07) is 1.88. The fourth-order valence-electron chi connectivity index (χ4n) is 1.36. The molecule has 2 aromatic heterocycles. The van der Waals surface area contributed by atoms with E-state index in [1.54, 1.807) is 6.92 Å². The molecule has 92 valence electrons. The van der Waals surface area contributed by atoms with Crippen molar-refractivity contribution in [2.24, 2.45) is 0 Å². The van der Waals surface area contributed by atoms with Crippen molar-refractivity contribution in [2.45, 2.75) is 24.6 Å². The molecule has 2 rings (SSSR count). The van der Waals surface area contributed by atoms with Crippen molar-refractivity contribution >= 4 is 47.5 Å². The van der Waals surface area contributed by atoms with Crippen LogP contribution in [-0.4, -0.2) is 24.1 Å². The molecule has 0 radical (unpaired) electrons. The predicted molar refractivity (Wildman–Crippen MR) is 72.2 cm³/mol. The minimum atomic E-state index is -3.24. The van der Waals surface area contributed by atoms with E-state index in [4.69, 9.17) is 0 Å². The van der Waals surface area contributed by atoms with E-state index in [2.05, 4.69) is 25.9 Å². The first-order valence-electron chi connectivity index (χ1n) is 5.16. The van der Waals surface area contributed by atoms with Gasteiger partial charge in [0.1, 0.15) is 0 Å². The molecule has 0 spiro atoms. The number of halogens is 1. The lowest BCUT2D eigenvalue weighted by Gasteiger charge is -1.98. The number of sulfone groups is 1. The van der Waals surface area contributed by atoms with Crippen LogP contribution in [-0.2, 0) is 16.3 Å². The summed E-state index contributed by atoms with van der Waals surface area (Å²) in [5.41, 5.74) is 1.41. The molecule has 0 atom stereocenters. The van der Waals surface area contributed by atoms with Gasteiger partial charge in [-0.05, 0) is 28.4 Å². The van der Waals surface area contributed by atoms with Gasteiger partial charge in [0.2, 0.25) is 14.2 Å². The summed E-state index contributed by atoms with van der Waals surface area (Å²) in [5.74, 6) is 0.0641. The second kappa shape index (κ2) is 4.62. The molecule has 0 aliphatic rings. The van der Waals surface area contributed by atoms with Crippen molar-refractivity contribution in [1.29, 1.82) is 0 Å². The summed E-state index contributed by atoms with van der Waals surface area (Å²) >= 11 is 4.59. The lowest BCUT2D eigenvalue weighted by molar-refractivity contribution is 0.596. The first-order valence-corrected chi connectivity index (χ1v) is 8.42. The molecule has 17 heavy (non-hydrogen) atoms. The molecule has 0 amide bonds. The largest absolute Gasteiger partial charge is 0.231 e. The average Bonchev–Trinajstić information content (AvgIpc) is 2.71. The second-order valence-corrected chi connectivity index (χ2v) is 7.81. The van der Waals surface area contributed by atoms with Gasteiger partial charge < -0.3 is 0 Å². The highest BCUT2D eigenvalue weighted by atomic mass is 79.9. The Morgan fingerprint density at radius 3 is 2.65 bits per heavy atom. The maximum absolute atomic E-state index is 11.7. The minimum absolute atomic E-state index is 0.0641. The summed E-state index contributed by atoms with van der Waals surface area (Å²) in [6.45, 7) is 3.61. The van der Waals surface area contributed by atoms with E-state index in [1.807, 2.05) is 13.0 Å². The molecule has 0 aliphatic heterocycles. The number of thiazole rings is 1. The third-order valence-corrected chi connectivity index (χ3v) is 6.24. The number of pyridine rings is 1. The van der Waals surface area contributed by atoms with Crippen LogP contribution in [0.1, 0.15) is 19.5 Å². The third kappa shape index (κ3) is 2.36. The topological polar surface area (TPSA) is 59.9 Å². The molecule has 0 N–H and O–H groups in total. The minimum Gasteiger partial charge on any atom is -0.231 e. The van der Waals surface area contributed by atoms with Gasteiger partial charge in [-0.2, -0.15) is 0 Å². The van der Waals surface area contributed by atoms with Crippen LogP contribution >= 0.6 is 27.3 Å². The van der Waals surface area contributed by atoms with E-state index in [0.29, 0.717) is 5.65 Å². The van der Waals surface area contributed by atoms with Gasteiger partial charge >= 0.3 is 0 Å². The van der Waals surface area contributed by atoms with Gasteiger partial charge in [0.15, 0.2) is 5.65 Å². The zero-order valence-corrected chi connectivity index (χ0v) is 12.6. The summed E-state index contributed by atoms with van der Waals surface area (Å²) in [4.78, 5) is 8.45. The Morgan fingerprint density at radius 2 is 2.06 bits per heavy atom. The maximum atomic E-state index is 11.7. The number of hydrogen-bond acceptors (Lipinski definition) is 5. The van der Waals surface area contributed by atoms with Crippen LogP contribution in [0.25, 0.3) is 10.3 Å². The first-order chi connectivity index (χ1) is 7.97. The number of nitrogens with zero attached hydrogens (tertiary/aromatic N) is 2. The van der Waals surface area contributed by atoms with Crippen LogP contribution in [0.5, 0.6) is 0 Å². The number of hydrogen-bond donors (Lipinski definition) is 0. The van der Waals surface area contributed by atoms with Crippen LogP contribution in [0, 0.1) is 0 Å². The predicted octanol–water partition coefficient (Wildman–Crippen LogP) is 2.81. The SMILES string of the molecule is CCc1nc2nc(S(=O)(=O)CC)sc2cc1Br. The molecular weight excluding hydrogens is 324 g/mol. The summed E-state index contributed by atoms with van der Waals surface area (Å²) in [6.07, 6.45) is 0.782. The van der Waals surface area contributed by atoms with Crippen LogP contribution < -0.4 is 0 Å². The molecule has 4 nitrogen and oxygen atoms in total. The smallest absolute Gasteiger partial charge is 0.211 e. The molecule has 0 saturated heterocycles. The van der Waals surface area contributed by atoms with Gasteiger partial charge in [0.05, 0.1) is 16.1 Å². The Labute approximate surface area is 112 Å². The second-order valence-electron chi connectivity index (χ2n) is 3.48. The fourth-order valence-corrected chi connectivity index (χ4v) is 4.39. The Hall–Kier alpha value is -0.530. The molecule has 0 fully saturated rings. The highest BCUT2D eigenvalue weighted by molar-refractivity contribution is 9.10. The molecule has 0 aliphatic carbocycles. The van der Waals surface area contributed by atoms with E-state index < -0.39 is 9.84 Å². The zero-order chi connectivity index (χ0) is 12.6. The number of rotatable bonds is 3. The molecule has 7 heteroatoms. The van der Waals surface area contributed by atoms with Crippen LogP contribution in [0.4, 0.5) is 0 Å². The van der Waals surface area contributed by atoms with E-state index in [9.17, 15) is 8.42 Å². The summed E-state index contributed by atoms with van der Waals surface area (Å²) < 4.78 is 25.3. The maximum Gasteiger partial charge on any atom is 0.211 e. The normalized spacial score (nSPS) is 12.2. The van der Waals surface area contributed by atoms with E-state index in [-0.39, 0.29) is 10.1 Å². The van der Waals surface area contributed by atoms with Crippen molar-refractivity contribution in [1.82, 2.24) is 9.97 Å². The molecule has 0 aromatic carbocycles. The third-order valence-electron chi connectivity index (χ3n) is 2.37. The quantitative estimate of drug-likeness (QED) is 0.865. The van der Waals surface area contributed by atoms with E-state index >= 15 is 0 Å². The van der Waals surface area contributed by atoms with Crippen molar-refractivity contribution in [3.63, 3.8) is 0 Å². The Bertz CT molecular complexity index is 664. The number of aromatic nitrogens is 2. The lowest BCUT2D eigenvalue weighted by atomic mass is 10.3. The van der Waals surface area contributed by atoms with Gasteiger partial charge in [-0.3, -0.25) is 0 Å². The van der Waals surface area contributed by atoms with Gasteiger partial charge in [-0.25, -0.2) is 18.4 Å². The van der Waals surface area contributed by atoms with Crippen molar-refractivity contribution in [3.05, 3.63) is 16.2 Å². The molecule has 0 saturated carbocycles. The van der Waals surface area contributed by atoms with Gasteiger partial charge in [-0.15, -0.1) is 11.3 Å². The monoisotopic (exact) mass is 334 g/mol. The van der Waals surface area contributed by atoms with E-state index in [0.717, 1.165) is 21.3 Å². The van der Waals surface area contributed by atoms with Gasteiger partial charge in [0.25, 0.3) is 0 Å². The molecule has 2 aromatic rings. The van der Waals surface area contributed by atoms with Crippen molar-refractivity contribution < 1.29 is 8.42 Å². The van der Waals surface area contributed by atoms with Crippen LogP contribution in [0.3, 0.4) is 0 Å². The number of fused-ring (bicyclic) bond motifs is 1. The molecule has 2 heterocycles. The average molecular weight is 335 g/mol. The summed E-state index contributed by atoms with van der Waals surface area (Å²) in [7, 11) is -3.24. The summed E-state index contributed by atoms with van der Waals surface area (Å²) in [5, 5.41) is 0. The van der Waals surface area contributed by atoms with Gasteiger partial charge in [0, 0.05) is 4.47 Å². The Kier molecular flexibility index (Phi) is 3.51. The highest BCUT2D eigenvalue weighted by Gasteiger charge is 2.18. The van der Waals surface area contributed by atoms with Crippen molar-refractivity contribution in [2.75, 3.05) is 5.75 Å². The Morgan fingerprint density at radius 1 is 1.35 bits per heavy atom. The number of aryl methyl sites for hydroxylation is 1. The van der Waals surface area contributed by atoms with Crippen LogP contribution in [0.2, 0.25) is 0 Å². The zero-order valence-electron chi connectivity index (χ0n) is 9.40. The molecule has 0 unspecified atom stereocenters. The molecule has 0 bridgehead atoms. The fraction of sp³-hybridized carbons (Fsp3) is 0.400. The standard InChI is InChI=1S/C10H11BrN2O2S2/c1-3-7-6(11)5-8-9(12-7)13-10(16-8)17(14,15)4-2/h5H,3-4H2,1-2H3. The lowest BCUT2D eigenvalue weighted by Crippen LogP contribution is -2.02. The highest BCUT2D eigenvalue weighted by Crippen LogP contribution is 2.29. The van der Waals surface area contributed by atoms with E-state index in [1.165, 1.54) is 11.3 Å². The van der Waals surface area contributed by atoms with Crippen LogP contribution in [0.15, 0.2) is 14.9 Å². The first kappa shape index (κ1) is 12.9. The van der Waals surface area contributed by atoms with Gasteiger partial charge in [-0.1, -0.05) is 13.8 Å². The molecular formula is C10H11BrN2O2S2.